The first-order chi connectivity index (χ1) is 15.0. The Balaban J connectivity index is 2.36. The van der Waals surface area contributed by atoms with Gasteiger partial charge in [-0.15, -0.1) is 0 Å². The molecule has 0 aliphatic heterocycles. The predicted octanol–water partition coefficient (Wildman–Crippen LogP) is 5.71. The molecule has 0 amide bonds. The number of hydrogen-bond acceptors (Lipinski definition) is 6. The Kier molecular flexibility index (Phi) is 9.11. The third-order valence-electron chi connectivity index (χ3n) is 4.86. The second kappa shape index (κ2) is 10.7. The molecule has 0 unspecified atom stereocenters. The normalized spacial score (nSPS) is 13.7. The van der Waals surface area contributed by atoms with E-state index in [-0.39, 0.29) is 17.3 Å². The van der Waals surface area contributed by atoms with Crippen LogP contribution in [0, 0.1) is 7.14 Å². The van der Waals surface area contributed by atoms with Crippen LogP contribution in [-0.2, 0) is 38.0 Å². The van der Waals surface area contributed by atoms with Gasteiger partial charge in [0.2, 0.25) is 0 Å². The molecule has 0 N–H and O–H groups in total. The molecule has 0 radical (unpaired) electrons. The third-order valence-corrected chi connectivity index (χ3v) is 13.4. The van der Waals surface area contributed by atoms with E-state index in [1.165, 1.54) is 0 Å². The van der Waals surface area contributed by atoms with E-state index in [0.29, 0.717) is 0 Å². The summed E-state index contributed by atoms with van der Waals surface area (Å²) in [4.78, 5) is 0. The monoisotopic (exact) mass is 614 g/mol. The van der Waals surface area contributed by atoms with E-state index in [1.54, 1.807) is 0 Å². The molecule has 10 heteroatoms. The van der Waals surface area contributed by atoms with Gasteiger partial charge >= 0.3 is 206 Å². The predicted molar refractivity (Wildman–Crippen MR) is 137 cm³/mol. The number of halogens is 2. The topological polar surface area (TPSA) is 86.7 Å². The standard InChI is InChI=1S/C23H32FIO6S2/c1-22(2,3)18-8-12-20(13-9-18)25(21-14-10-19(11-15-21)23(4,5)6)31-33(28,29)17-7-16-32(26,27)30-24/h8-15H,7,16-17H2,1-6H3. The number of benzene rings is 2. The Labute approximate surface area is 205 Å². The van der Waals surface area contributed by atoms with Crippen LogP contribution >= 0.6 is 20.2 Å². The zero-order valence-corrected chi connectivity index (χ0v) is 23.6. The van der Waals surface area contributed by atoms with Gasteiger partial charge in [0.15, 0.2) is 0 Å². The van der Waals surface area contributed by atoms with Gasteiger partial charge in [-0.2, -0.15) is 0 Å². The van der Waals surface area contributed by atoms with Gasteiger partial charge in [0.1, 0.15) is 0 Å². The van der Waals surface area contributed by atoms with Crippen molar-refractivity contribution in [2.75, 3.05) is 11.5 Å². The van der Waals surface area contributed by atoms with Crippen LogP contribution in [0.3, 0.4) is 0 Å². The van der Waals surface area contributed by atoms with Gasteiger partial charge in [-0.05, 0) is 0 Å². The summed E-state index contributed by atoms with van der Waals surface area (Å²) < 4.78 is 69.9. The summed E-state index contributed by atoms with van der Waals surface area (Å²) in [6, 6.07) is 15.5. The van der Waals surface area contributed by atoms with E-state index in [2.05, 4.69) is 45.9 Å². The molecule has 0 saturated heterocycles. The van der Waals surface area contributed by atoms with Crippen LogP contribution in [0.15, 0.2) is 48.5 Å². The SMILES string of the molecule is CC(C)(C)c1ccc(I(OS(=O)(=O)CCCS(=O)(=O)OF)c2ccc(C(C)(C)C)cc2)cc1. The summed E-state index contributed by atoms with van der Waals surface area (Å²) in [5.41, 5.74) is 2.12. The second-order valence-corrected chi connectivity index (χ2v) is 18.1. The van der Waals surface area contributed by atoms with Crippen molar-refractivity contribution in [3.05, 3.63) is 66.8 Å². The van der Waals surface area contributed by atoms with Crippen LogP contribution in [0.5, 0.6) is 0 Å². The second-order valence-electron chi connectivity index (χ2n) is 9.77. The Morgan fingerprint density at radius 3 is 1.39 bits per heavy atom. The molecule has 2 rings (SSSR count). The van der Waals surface area contributed by atoms with Crippen molar-refractivity contribution >= 4 is 40.5 Å². The van der Waals surface area contributed by atoms with Gasteiger partial charge in [0.25, 0.3) is 0 Å². The van der Waals surface area contributed by atoms with Crippen molar-refractivity contribution in [1.82, 2.24) is 0 Å². The molecule has 0 bridgehead atoms. The van der Waals surface area contributed by atoms with Gasteiger partial charge in [0, 0.05) is 0 Å². The zero-order valence-electron chi connectivity index (χ0n) is 19.8. The summed E-state index contributed by atoms with van der Waals surface area (Å²) in [6.45, 7) is 12.6. The Morgan fingerprint density at radius 1 is 0.697 bits per heavy atom. The molecule has 6 nitrogen and oxygen atoms in total. The van der Waals surface area contributed by atoms with E-state index in [0.717, 1.165) is 18.3 Å². The van der Waals surface area contributed by atoms with Crippen molar-refractivity contribution in [2.24, 2.45) is 0 Å². The minimum absolute atomic E-state index is 0.0527. The van der Waals surface area contributed by atoms with Gasteiger partial charge in [-0.1, -0.05) is 0 Å². The van der Waals surface area contributed by atoms with Crippen molar-refractivity contribution in [1.29, 1.82) is 0 Å². The van der Waals surface area contributed by atoms with Crippen LogP contribution < -0.4 is 0 Å². The zero-order chi connectivity index (χ0) is 25.1. The van der Waals surface area contributed by atoms with Crippen molar-refractivity contribution in [3.8, 4) is 0 Å². The molecular formula is C23H32FIO6S2. The molecule has 0 fully saturated rings. The fraction of sp³-hybridized carbons (Fsp3) is 0.478. The quantitative estimate of drug-likeness (QED) is 0.337. The maximum atomic E-state index is 12.7. The summed E-state index contributed by atoms with van der Waals surface area (Å²) >= 11 is -2.88. The van der Waals surface area contributed by atoms with Crippen LogP contribution in [-0.4, -0.2) is 28.3 Å². The van der Waals surface area contributed by atoms with Gasteiger partial charge in [-0.25, -0.2) is 0 Å². The number of rotatable bonds is 9. The van der Waals surface area contributed by atoms with Crippen LogP contribution in [0.4, 0.5) is 4.53 Å². The van der Waals surface area contributed by atoms with Crippen LogP contribution in [0.2, 0.25) is 0 Å². The van der Waals surface area contributed by atoms with Crippen LogP contribution in [0.1, 0.15) is 59.1 Å². The van der Waals surface area contributed by atoms with E-state index < -0.39 is 52.0 Å². The summed E-state index contributed by atoms with van der Waals surface area (Å²) in [5, 5.41) is 0. The molecule has 0 aromatic heterocycles. The van der Waals surface area contributed by atoms with E-state index in [4.69, 9.17) is 2.51 Å². The molecule has 0 spiro atoms. The van der Waals surface area contributed by atoms with Crippen molar-refractivity contribution < 1.29 is 28.3 Å². The maximum absolute atomic E-state index is 12.7. The summed E-state index contributed by atoms with van der Waals surface area (Å²) in [6.07, 6.45) is -0.329. The number of hydrogen-bond donors (Lipinski definition) is 0. The molecule has 0 aliphatic carbocycles. The molecule has 0 heterocycles. The van der Waals surface area contributed by atoms with Gasteiger partial charge < -0.3 is 0 Å². The molecule has 2 aromatic carbocycles. The third kappa shape index (κ3) is 8.57. The molecular weight excluding hydrogens is 582 g/mol. The summed E-state index contributed by atoms with van der Waals surface area (Å²) in [7, 11) is -8.44. The fourth-order valence-corrected chi connectivity index (χ4v) is 10.7. The average molecular weight is 615 g/mol. The first kappa shape index (κ1) is 28.2. The molecule has 0 aliphatic rings. The van der Waals surface area contributed by atoms with Crippen molar-refractivity contribution in [3.63, 3.8) is 0 Å². The molecule has 33 heavy (non-hydrogen) atoms. The summed E-state index contributed by atoms with van der Waals surface area (Å²) in [5.74, 6) is -1.30. The fourth-order valence-electron chi connectivity index (χ4n) is 2.90. The molecule has 0 saturated carbocycles. The Morgan fingerprint density at radius 2 is 1.06 bits per heavy atom. The Hall–Kier alpha value is -1.08. The Bertz CT molecular complexity index is 1070. The molecule has 186 valence electrons. The van der Waals surface area contributed by atoms with Crippen LogP contribution in [0.25, 0.3) is 0 Å². The van der Waals surface area contributed by atoms with E-state index in [1.807, 2.05) is 48.5 Å². The van der Waals surface area contributed by atoms with Gasteiger partial charge in [-0.3, -0.25) is 0 Å². The first-order valence-corrected chi connectivity index (χ1v) is 16.6. The van der Waals surface area contributed by atoms with E-state index in [9.17, 15) is 21.4 Å². The average Bonchev–Trinajstić information content (AvgIpc) is 2.71. The minimum atomic E-state index is -4.39. The van der Waals surface area contributed by atoms with Crippen molar-refractivity contribution in [2.45, 2.75) is 58.8 Å². The van der Waals surface area contributed by atoms with E-state index >= 15 is 0 Å². The molecule has 0 atom stereocenters. The first-order valence-electron chi connectivity index (χ1n) is 10.4. The molecule has 2 aromatic rings. The van der Waals surface area contributed by atoms with Gasteiger partial charge in [0.05, 0.1) is 0 Å².